The molecule has 0 unspecified atom stereocenters. The molecule has 0 spiro atoms. The second kappa shape index (κ2) is 11.7. The highest BCUT2D eigenvalue weighted by molar-refractivity contribution is 7.99. The van der Waals surface area contributed by atoms with Crippen molar-refractivity contribution in [1.29, 1.82) is 0 Å². The number of nitrogens with one attached hydrogen (secondary N) is 1. The maximum atomic E-state index is 13.7. The van der Waals surface area contributed by atoms with Gasteiger partial charge in [0.2, 0.25) is 0 Å². The van der Waals surface area contributed by atoms with Crippen LogP contribution in [0.3, 0.4) is 0 Å². The topological polar surface area (TPSA) is 158 Å². The van der Waals surface area contributed by atoms with E-state index in [0.29, 0.717) is 34.1 Å². The Morgan fingerprint density at radius 3 is 2.79 bits per heavy atom. The van der Waals surface area contributed by atoms with Crippen molar-refractivity contribution in [3.63, 3.8) is 0 Å². The molecule has 6 atom stereocenters. The number of halogens is 2. The lowest BCUT2D eigenvalue weighted by Gasteiger charge is -2.17. The molecule has 1 aromatic carbocycles. The van der Waals surface area contributed by atoms with Gasteiger partial charge in [-0.05, 0) is 43.4 Å². The number of ether oxygens (including phenoxy) is 1. The number of benzene rings is 1. The van der Waals surface area contributed by atoms with Gasteiger partial charge in [0.1, 0.15) is 12.2 Å². The van der Waals surface area contributed by atoms with E-state index in [9.17, 15) is 28.9 Å². The zero-order chi connectivity index (χ0) is 27.7. The van der Waals surface area contributed by atoms with E-state index < -0.39 is 42.0 Å². The molecule has 0 radical (unpaired) electrons. The summed E-state index contributed by atoms with van der Waals surface area (Å²) >= 11 is 1.46. The summed E-state index contributed by atoms with van der Waals surface area (Å²) in [7, 11) is 0. The summed E-state index contributed by atoms with van der Waals surface area (Å²) in [5, 5.41) is 44.3. The number of fused-ring (bicyclic) bond motifs is 1. The number of carbonyl (C=O) groups excluding carboxylic acids is 1. The summed E-state index contributed by atoms with van der Waals surface area (Å²) in [5.41, 5.74) is 1.45. The van der Waals surface area contributed by atoms with Gasteiger partial charge in [-0.15, -0.1) is 5.10 Å². The maximum absolute atomic E-state index is 13.7. The zero-order valence-corrected chi connectivity index (χ0v) is 22.0. The van der Waals surface area contributed by atoms with E-state index in [1.165, 1.54) is 22.5 Å². The average Bonchev–Trinajstić information content (AvgIpc) is 3.45. The van der Waals surface area contributed by atoms with Crippen molar-refractivity contribution in [2.45, 2.75) is 80.5 Å². The summed E-state index contributed by atoms with van der Waals surface area (Å²) in [6.07, 6.45) is -1.24. The third-order valence-corrected chi connectivity index (χ3v) is 8.05. The number of hydrogen-bond acceptors (Lipinski definition) is 11. The molecule has 0 aliphatic heterocycles. The van der Waals surface area contributed by atoms with Gasteiger partial charge >= 0.3 is 0 Å². The van der Waals surface area contributed by atoms with Gasteiger partial charge < -0.3 is 30.2 Å². The van der Waals surface area contributed by atoms with Crippen LogP contribution in [-0.4, -0.2) is 77.9 Å². The molecule has 2 heterocycles. The molecule has 0 amide bonds. The third-order valence-electron chi connectivity index (χ3n) is 6.99. The van der Waals surface area contributed by atoms with Crippen LogP contribution in [0.5, 0.6) is 0 Å². The highest BCUT2D eigenvalue weighted by atomic mass is 32.2. The molecule has 5 rings (SSSR count). The minimum absolute atomic E-state index is 0.0199. The quantitative estimate of drug-likeness (QED) is 0.167. The van der Waals surface area contributed by atoms with E-state index in [0.717, 1.165) is 18.2 Å². The monoisotopic (exact) mass is 563 g/mol. The van der Waals surface area contributed by atoms with Crippen LogP contribution in [0, 0.1) is 11.6 Å². The molecule has 11 nitrogen and oxygen atoms in total. The van der Waals surface area contributed by atoms with Crippen LogP contribution in [0.15, 0.2) is 23.4 Å². The predicted octanol–water partition coefficient (Wildman–Crippen LogP) is 1.55. The molecule has 2 aromatic heterocycles. The van der Waals surface area contributed by atoms with Gasteiger partial charge in [0.25, 0.3) is 0 Å². The molecular weight excluding hydrogens is 534 g/mol. The molecule has 3 N–H and O–H groups in total. The molecule has 2 fully saturated rings. The fourth-order valence-electron chi connectivity index (χ4n) is 4.86. The third kappa shape index (κ3) is 5.98. The number of aliphatic hydroxyl groups is 2. The van der Waals surface area contributed by atoms with Crippen LogP contribution in [0.25, 0.3) is 11.2 Å². The van der Waals surface area contributed by atoms with Gasteiger partial charge in [0, 0.05) is 36.7 Å². The first-order valence-electron chi connectivity index (χ1n) is 12.9. The number of thioether (sulfide) groups is 1. The minimum atomic E-state index is -1.21. The zero-order valence-electron chi connectivity index (χ0n) is 21.2. The fraction of sp³-hybridized carbons (Fsp3) is 0.560. The van der Waals surface area contributed by atoms with E-state index in [2.05, 4.69) is 25.6 Å². The number of carbonyl (C=O) groups is 1. The molecule has 210 valence electrons. The molecule has 2 aliphatic rings. The lowest BCUT2D eigenvalue weighted by Crippen LogP contribution is -2.33. The van der Waals surface area contributed by atoms with E-state index >= 15 is 0 Å². The highest BCUT2D eigenvalue weighted by Gasteiger charge is 2.45. The van der Waals surface area contributed by atoms with Gasteiger partial charge in [0.15, 0.2) is 33.8 Å². The molecule has 2 aliphatic carbocycles. The smallest absolute Gasteiger partial charge is 0.191 e. The Morgan fingerprint density at radius 2 is 2.05 bits per heavy atom. The normalized spacial score (nSPS) is 26.3. The first-order valence-corrected chi connectivity index (χ1v) is 13.9. The first kappa shape index (κ1) is 27.6. The Kier molecular flexibility index (Phi) is 8.26. The van der Waals surface area contributed by atoms with Crippen LogP contribution in [0.1, 0.15) is 56.6 Å². The Bertz CT molecular complexity index is 1350. The molecule has 0 saturated heterocycles. The van der Waals surface area contributed by atoms with Gasteiger partial charge in [0.05, 0.1) is 12.1 Å². The van der Waals surface area contributed by atoms with Crippen LogP contribution in [0.2, 0.25) is 0 Å². The van der Waals surface area contributed by atoms with Crippen molar-refractivity contribution in [3.05, 3.63) is 35.4 Å². The highest BCUT2D eigenvalue weighted by Crippen LogP contribution is 2.44. The van der Waals surface area contributed by atoms with E-state index in [-0.39, 0.29) is 37.8 Å². The van der Waals surface area contributed by atoms with Gasteiger partial charge in [-0.3, -0.25) is 0 Å². The van der Waals surface area contributed by atoms with Crippen molar-refractivity contribution in [1.82, 2.24) is 25.0 Å². The number of rotatable bonds is 12. The molecule has 0 bridgehead atoms. The van der Waals surface area contributed by atoms with Crippen molar-refractivity contribution in [2.24, 2.45) is 0 Å². The second-order valence-electron chi connectivity index (χ2n) is 9.85. The van der Waals surface area contributed by atoms with E-state index in [1.54, 1.807) is 6.07 Å². The first-order chi connectivity index (χ1) is 18.8. The second-order valence-corrected chi connectivity index (χ2v) is 10.9. The van der Waals surface area contributed by atoms with Crippen molar-refractivity contribution >= 4 is 34.7 Å². The largest absolute Gasteiger partial charge is 0.550 e. The number of carboxylic acids is 1. The lowest BCUT2D eigenvalue weighted by atomic mass is 10.1. The van der Waals surface area contributed by atoms with Gasteiger partial charge in [-0.1, -0.05) is 30.0 Å². The number of nitrogens with zero attached hydrogens (tertiary/aromatic N) is 5. The number of hydrogen-bond donors (Lipinski definition) is 3. The number of anilines is 1. The van der Waals surface area contributed by atoms with Gasteiger partial charge in [-0.2, -0.15) is 0 Å². The Hall–Kier alpha value is -2.94. The molecule has 39 heavy (non-hydrogen) atoms. The van der Waals surface area contributed by atoms with Gasteiger partial charge in [-0.25, -0.2) is 23.4 Å². The lowest BCUT2D eigenvalue weighted by molar-refractivity contribution is -0.306. The van der Waals surface area contributed by atoms with Crippen molar-refractivity contribution in [3.8, 4) is 0 Å². The molecule has 14 heteroatoms. The number of aromatic nitrogens is 5. The van der Waals surface area contributed by atoms with Crippen molar-refractivity contribution in [2.75, 3.05) is 17.7 Å². The standard InChI is InChI=1S/C25H30F2N6O5S/c1-2-8-39-25-29-23(28-16-10-13(16)12-5-6-14(26)15(27)9-12)20-24(30-25)33(32-31-20)17-11-18(22(37)21(17)36)38-7-3-4-19(34)35/h5-6,9,13,16-18,21-22,36-37H,2-4,7-8,10-11H2,1H3,(H,34,35)(H,28,29,30)/p-1/t13-,16-,17+,18+,21+,22-/m1/s1. The predicted molar refractivity (Wildman–Crippen MR) is 135 cm³/mol. The molecule has 2 saturated carbocycles. The summed E-state index contributed by atoms with van der Waals surface area (Å²) in [6.45, 7) is 2.14. The number of carboxylic acid groups (broad SMARTS) is 1. The fourth-order valence-corrected chi connectivity index (χ4v) is 5.55. The number of aliphatic hydroxyl groups excluding tert-OH is 2. The van der Waals surface area contributed by atoms with Crippen LogP contribution in [0.4, 0.5) is 14.6 Å². The SMILES string of the molecule is CCCSc1nc(N[C@@H]2C[C@@H]2c2ccc(F)c(F)c2)c2nnn([C@H]3C[C@H](OCCCC(=O)[O-])[C@@H](O)[C@H]3O)c2n1. The van der Waals surface area contributed by atoms with Crippen LogP contribution >= 0.6 is 11.8 Å². The summed E-state index contributed by atoms with van der Waals surface area (Å²) in [6, 6.07) is 3.15. The van der Waals surface area contributed by atoms with Crippen molar-refractivity contribution < 1.29 is 33.6 Å². The number of aliphatic carboxylic acids is 1. The molecule has 3 aromatic rings. The molecular formula is C25H29F2N6O5S-. The van der Waals surface area contributed by atoms with Crippen LogP contribution < -0.4 is 10.4 Å². The summed E-state index contributed by atoms with van der Waals surface area (Å²) in [5.74, 6) is -1.75. The Balaban J connectivity index is 1.37. The average molecular weight is 564 g/mol. The summed E-state index contributed by atoms with van der Waals surface area (Å²) in [4.78, 5) is 19.9. The Morgan fingerprint density at radius 1 is 1.23 bits per heavy atom. The minimum Gasteiger partial charge on any atom is -0.550 e. The van der Waals surface area contributed by atoms with E-state index in [4.69, 9.17) is 4.74 Å². The maximum Gasteiger partial charge on any atom is 0.191 e. The van der Waals surface area contributed by atoms with Crippen LogP contribution in [-0.2, 0) is 9.53 Å². The van der Waals surface area contributed by atoms with E-state index in [1.807, 2.05) is 6.92 Å². The Labute approximate surface area is 227 Å². The summed E-state index contributed by atoms with van der Waals surface area (Å²) < 4.78 is 34.2.